The molecule has 0 aromatic carbocycles. The Kier molecular flexibility index (Phi) is 4.74. The van der Waals surface area contributed by atoms with Gasteiger partial charge in [-0.25, -0.2) is 0 Å². The van der Waals surface area contributed by atoms with Crippen molar-refractivity contribution in [2.24, 2.45) is 0 Å². The van der Waals surface area contributed by atoms with E-state index < -0.39 is 0 Å². The molecule has 0 fully saturated rings. The minimum absolute atomic E-state index is 0.300. The molecule has 0 aliphatic rings. The maximum Gasteiger partial charge on any atom is 0.0570 e. The van der Waals surface area contributed by atoms with E-state index in [-0.39, 0.29) is 0 Å². The Labute approximate surface area is 85.8 Å². The van der Waals surface area contributed by atoms with Gasteiger partial charge < -0.3 is 5.32 Å². The molecule has 1 rings (SSSR count). The van der Waals surface area contributed by atoms with E-state index in [4.69, 9.17) is 6.42 Å². The van der Waals surface area contributed by atoms with Crippen molar-refractivity contribution in [2.45, 2.75) is 25.8 Å². The molecule has 0 amide bonds. The molecule has 0 unspecified atom stereocenters. The van der Waals surface area contributed by atoms with Crippen LogP contribution in [0, 0.1) is 12.3 Å². The lowest BCUT2D eigenvalue weighted by atomic mass is 10.2. The summed E-state index contributed by atoms with van der Waals surface area (Å²) < 4.78 is 0. The highest BCUT2D eigenvalue weighted by Crippen LogP contribution is 2.07. The molecule has 2 nitrogen and oxygen atoms in total. The number of terminal acetylenes is 1. The number of nitrogens with one attached hydrogen (secondary N) is 1. The predicted molar refractivity (Wildman–Crippen MR) is 58.7 cm³/mol. The summed E-state index contributed by atoms with van der Waals surface area (Å²) >= 11 is 0. The van der Waals surface area contributed by atoms with Crippen LogP contribution in [-0.2, 0) is 0 Å². The summed E-state index contributed by atoms with van der Waals surface area (Å²) in [5.74, 6) is 2.63. The molecule has 1 heterocycles. The van der Waals surface area contributed by atoms with E-state index in [1.807, 2.05) is 24.4 Å². The zero-order valence-electron chi connectivity index (χ0n) is 8.53. The van der Waals surface area contributed by atoms with Crippen molar-refractivity contribution in [1.29, 1.82) is 0 Å². The van der Waals surface area contributed by atoms with Gasteiger partial charge >= 0.3 is 0 Å². The smallest absolute Gasteiger partial charge is 0.0570 e. The third-order valence-corrected chi connectivity index (χ3v) is 2.08. The minimum atomic E-state index is 0.300. The number of rotatable bonds is 5. The standard InChI is InChI=1S/C12H16N2/c1-3-4-6-9-13-11(2)12-8-5-7-10-14-12/h1,5,7-8,10-11,13H,4,6,9H2,2H3/t11-/m1/s1. The van der Waals surface area contributed by atoms with Crippen molar-refractivity contribution in [3.05, 3.63) is 30.1 Å². The van der Waals surface area contributed by atoms with Crippen LogP contribution in [0.15, 0.2) is 24.4 Å². The summed E-state index contributed by atoms with van der Waals surface area (Å²) in [7, 11) is 0. The van der Waals surface area contributed by atoms with Crippen LogP contribution in [0.25, 0.3) is 0 Å². The summed E-state index contributed by atoms with van der Waals surface area (Å²) in [5, 5.41) is 3.38. The Morgan fingerprint density at radius 2 is 2.43 bits per heavy atom. The van der Waals surface area contributed by atoms with E-state index >= 15 is 0 Å². The molecule has 74 valence electrons. The second-order valence-electron chi connectivity index (χ2n) is 3.24. The van der Waals surface area contributed by atoms with E-state index in [1.54, 1.807) is 0 Å². The summed E-state index contributed by atoms with van der Waals surface area (Å²) in [6, 6.07) is 6.25. The Morgan fingerprint density at radius 3 is 3.07 bits per heavy atom. The molecule has 0 bridgehead atoms. The third-order valence-electron chi connectivity index (χ3n) is 2.08. The van der Waals surface area contributed by atoms with Crippen LogP contribution in [0.1, 0.15) is 31.5 Å². The minimum Gasteiger partial charge on any atom is -0.309 e. The summed E-state index contributed by atoms with van der Waals surface area (Å²) in [4.78, 5) is 4.27. The lowest BCUT2D eigenvalue weighted by molar-refractivity contribution is 0.551. The van der Waals surface area contributed by atoms with Crippen molar-refractivity contribution in [1.82, 2.24) is 10.3 Å². The van der Waals surface area contributed by atoms with Gasteiger partial charge in [-0.3, -0.25) is 4.98 Å². The molecule has 0 aliphatic heterocycles. The number of hydrogen-bond acceptors (Lipinski definition) is 2. The van der Waals surface area contributed by atoms with E-state index in [0.717, 1.165) is 25.1 Å². The molecule has 0 saturated carbocycles. The van der Waals surface area contributed by atoms with Gasteiger partial charge in [0.05, 0.1) is 5.69 Å². The Hall–Kier alpha value is -1.33. The molecule has 0 aliphatic carbocycles. The van der Waals surface area contributed by atoms with Gasteiger partial charge in [0.1, 0.15) is 0 Å². The first kappa shape index (κ1) is 10.7. The van der Waals surface area contributed by atoms with Gasteiger partial charge in [0.25, 0.3) is 0 Å². The number of aromatic nitrogens is 1. The average Bonchev–Trinajstić information content (AvgIpc) is 2.25. The van der Waals surface area contributed by atoms with Gasteiger partial charge in [-0.05, 0) is 32.0 Å². The number of pyridine rings is 1. The number of unbranched alkanes of at least 4 members (excludes halogenated alkanes) is 1. The average molecular weight is 188 g/mol. The van der Waals surface area contributed by atoms with Crippen molar-refractivity contribution in [3.63, 3.8) is 0 Å². The topological polar surface area (TPSA) is 24.9 Å². The maximum absolute atomic E-state index is 5.17. The second-order valence-corrected chi connectivity index (χ2v) is 3.24. The van der Waals surface area contributed by atoms with E-state index in [2.05, 4.69) is 23.1 Å². The Bertz CT molecular complexity index is 287. The first-order chi connectivity index (χ1) is 6.84. The molecular formula is C12H16N2. The van der Waals surface area contributed by atoms with E-state index in [1.165, 1.54) is 0 Å². The van der Waals surface area contributed by atoms with Crippen LogP contribution in [-0.4, -0.2) is 11.5 Å². The van der Waals surface area contributed by atoms with Crippen molar-refractivity contribution in [3.8, 4) is 12.3 Å². The fourth-order valence-electron chi connectivity index (χ4n) is 1.25. The Morgan fingerprint density at radius 1 is 1.57 bits per heavy atom. The molecule has 0 radical (unpaired) electrons. The van der Waals surface area contributed by atoms with Crippen molar-refractivity contribution < 1.29 is 0 Å². The number of hydrogen-bond donors (Lipinski definition) is 1. The lowest BCUT2D eigenvalue weighted by Gasteiger charge is -2.12. The van der Waals surface area contributed by atoms with Crippen LogP contribution in [0.4, 0.5) is 0 Å². The van der Waals surface area contributed by atoms with Gasteiger partial charge in [0.2, 0.25) is 0 Å². The van der Waals surface area contributed by atoms with Crippen LogP contribution < -0.4 is 5.32 Å². The fourth-order valence-corrected chi connectivity index (χ4v) is 1.25. The lowest BCUT2D eigenvalue weighted by Crippen LogP contribution is -2.20. The van der Waals surface area contributed by atoms with Gasteiger partial charge in [-0.1, -0.05) is 6.07 Å². The van der Waals surface area contributed by atoms with Gasteiger partial charge in [-0.2, -0.15) is 0 Å². The molecular weight excluding hydrogens is 172 g/mol. The van der Waals surface area contributed by atoms with E-state index in [9.17, 15) is 0 Å². The van der Waals surface area contributed by atoms with Crippen LogP contribution >= 0.6 is 0 Å². The normalized spacial score (nSPS) is 12.0. The van der Waals surface area contributed by atoms with Crippen LogP contribution in [0.2, 0.25) is 0 Å². The molecule has 1 N–H and O–H groups in total. The van der Waals surface area contributed by atoms with Gasteiger partial charge in [0, 0.05) is 18.7 Å². The third kappa shape index (κ3) is 3.59. The molecule has 1 aromatic heterocycles. The number of nitrogens with zero attached hydrogens (tertiary/aromatic N) is 1. The summed E-state index contributed by atoms with van der Waals surface area (Å²) in [6.07, 6.45) is 8.84. The molecule has 14 heavy (non-hydrogen) atoms. The van der Waals surface area contributed by atoms with Gasteiger partial charge in [-0.15, -0.1) is 12.3 Å². The monoisotopic (exact) mass is 188 g/mol. The first-order valence-electron chi connectivity index (χ1n) is 4.92. The summed E-state index contributed by atoms with van der Waals surface area (Å²) in [5.41, 5.74) is 1.08. The quantitative estimate of drug-likeness (QED) is 0.565. The van der Waals surface area contributed by atoms with Gasteiger partial charge in [0.15, 0.2) is 0 Å². The van der Waals surface area contributed by atoms with Crippen molar-refractivity contribution >= 4 is 0 Å². The van der Waals surface area contributed by atoms with Crippen LogP contribution in [0.5, 0.6) is 0 Å². The molecule has 1 atom stereocenters. The largest absolute Gasteiger partial charge is 0.309 e. The van der Waals surface area contributed by atoms with Crippen LogP contribution in [0.3, 0.4) is 0 Å². The summed E-state index contributed by atoms with van der Waals surface area (Å²) in [6.45, 7) is 3.06. The van der Waals surface area contributed by atoms with Crippen molar-refractivity contribution in [2.75, 3.05) is 6.54 Å². The maximum atomic E-state index is 5.17. The molecule has 2 heteroatoms. The molecule has 0 saturated heterocycles. The first-order valence-corrected chi connectivity index (χ1v) is 4.92. The SMILES string of the molecule is C#CCCCN[C@H](C)c1ccccn1. The zero-order valence-corrected chi connectivity index (χ0v) is 8.53. The van der Waals surface area contributed by atoms with E-state index in [0.29, 0.717) is 6.04 Å². The highest BCUT2D eigenvalue weighted by Gasteiger charge is 2.03. The highest BCUT2D eigenvalue weighted by atomic mass is 14.9. The Balaban J connectivity index is 2.29. The molecule has 0 spiro atoms. The fraction of sp³-hybridized carbons (Fsp3) is 0.417. The molecule has 1 aromatic rings. The second kappa shape index (κ2) is 6.17. The zero-order chi connectivity index (χ0) is 10.2. The highest BCUT2D eigenvalue weighted by molar-refractivity contribution is 5.07. The predicted octanol–water partition coefficient (Wildman–Crippen LogP) is 2.15.